The second-order valence-electron chi connectivity index (χ2n) is 6.98. The van der Waals surface area contributed by atoms with E-state index in [4.69, 9.17) is 5.73 Å². The first-order valence-electron chi connectivity index (χ1n) is 9.22. The van der Waals surface area contributed by atoms with Crippen LogP contribution in [-0.4, -0.2) is 30.8 Å². The van der Waals surface area contributed by atoms with Crippen LogP contribution in [0, 0.1) is 12.8 Å². The highest BCUT2D eigenvalue weighted by atomic mass is 127. The fraction of sp³-hybridized carbons (Fsp3) is 0.381. The van der Waals surface area contributed by atoms with Crippen LogP contribution in [0.5, 0.6) is 0 Å². The molecule has 2 aromatic rings. The van der Waals surface area contributed by atoms with Gasteiger partial charge in [0, 0.05) is 31.1 Å². The Morgan fingerprint density at radius 3 is 2.52 bits per heavy atom. The van der Waals surface area contributed by atoms with Crippen molar-refractivity contribution in [1.29, 1.82) is 0 Å². The van der Waals surface area contributed by atoms with Crippen molar-refractivity contribution in [2.75, 3.05) is 29.9 Å². The van der Waals surface area contributed by atoms with Crippen LogP contribution in [0.15, 0.2) is 53.5 Å². The van der Waals surface area contributed by atoms with Crippen LogP contribution in [0.2, 0.25) is 0 Å². The molecule has 2 aromatic carbocycles. The van der Waals surface area contributed by atoms with Gasteiger partial charge in [-0.25, -0.2) is 4.99 Å². The molecular weight excluding hydrogens is 451 g/mol. The Bertz CT molecular complexity index is 740. The standard InChI is InChI=1S/C21H28N4O.HI/c1-16-3-2-4-19(13-16)24-21(22)23-14-17-5-7-20(8-6-17)25-11-9-18(15-26)10-12-25;/h2-8,13,18,26H,9-12,14-15H2,1H3,(H3,22,23,24);1H. The van der Waals surface area contributed by atoms with Crippen LogP contribution in [0.25, 0.3) is 0 Å². The molecule has 1 saturated heterocycles. The molecule has 0 atom stereocenters. The molecule has 1 aliphatic heterocycles. The summed E-state index contributed by atoms with van der Waals surface area (Å²) < 4.78 is 0. The molecule has 6 heteroatoms. The lowest BCUT2D eigenvalue weighted by atomic mass is 9.97. The van der Waals surface area contributed by atoms with Gasteiger partial charge in [-0.3, -0.25) is 0 Å². The van der Waals surface area contributed by atoms with Gasteiger partial charge in [0.15, 0.2) is 5.96 Å². The van der Waals surface area contributed by atoms with Gasteiger partial charge < -0.3 is 21.1 Å². The maximum atomic E-state index is 9.25. The van der Waals surface area contributed by atoms with E-state index in [2.05, 4.69) is 39.5 Å². The lowest BCUT2D eigenvalue weighted by molar-refractivity contribution is 0.203. The van der Waals surface area contributed by atoms with E-state index >= 15 is 0 Å². The molecule has 146 valence electrons. The molecule has 1 aliphatic rings. The Morgan fingerprint density at radius 2 is 1.89 bits per heavy atom. The largest absolute Gasteiger partial charge is 0.396 e. The molecular formula is C21H29IN4O. The summed E-state index contributed by atoms with van der Waals surface area (Å²) >= 11 is 0. The Balaban J connectivity index is 0.00000261. The summed E-state index contributed by atoms with van der Waals surface area (Å²) in [5.41, 5.74) is 10.5. The molecule has 0 bridgehead atoms. The zero-order valence-electron chi connectivity index (χ0n) is 15.8. The number of hydrogen-bond acceptors (Lipinski definition) is 3. The van der Waals surface area contributed by atoms with Gasteiger partial charge in [0.1, 0.15) is 0 Å². The molecule has 0 saturated carbocycles. The number of benzene rings is 2. The van der Waals surface area contributed by atoms with Crippen molar-refractivity contribution in [1.82, 2.24) is 0 Å². The molecule has 0 aliphatic carbocycles. The third kappa shape index (κ3) is 6.39. The van der Waals surface area contributed by atoms with Gasteiger partial charge in [-0.05, 0) is 61.1 Å². The van der Waals surface area contributed by atoms with Gasteiger partial charge in [0.05, 0.1) is 6.54 Å². The number of guanidine groups is 1. The third-order valence-corrected chi connectivity index (χ3v) is 4.90. The van der Waals surface area contributed by atoms with Gasteiger partial charge in [0.25, 0.3) is 0 Å². The lowest BCUT2D eigenvalue weighted by Crippen LogP contribution is -2.34. The number of aryl methyl sites for hydroxylation is 1. The third-order valence-electron chi connectivity index (χ3n) is 4.90. The second kappa shape index (κ2) is 10.5. The van der Waals surface area contributed by atoms with Crippen molar-refractivity contribution >= 4 is 41.3 Å². The van der Waals surface area contributed by atoms with Crippen LogP contribution in [-0.2, 0) is 6.54 Å². The maximum absolute atomic E-state index is 9.25. The van der Waals surface area contributed by atoms with Crippen LogP contribution in [0.3, 0.4) is 0 Å². The number of halogens is 1. The zero-order valence-corrected chi connectivity index (χ0v) is 18.1. The molecule has 0 spiro atoms. The summed E-state index contributed by atoms with van der Waals surface area (Å²) in [6.07, 6.45) is 2.12. The van der Waals surface area contributed by atoms with E-state index < -0.39 is 0 Å². The molecule has 27 heavy (non-hydrogen) atoms. The Morgan fingerprint density at radius 1 is 1.19 bits per heavy atom. The number of rotatable bonds is 5. The number of aliphatic imine (C=N–C) groups is 1. The first-order valence-corrected chi connectivity index (χ1v) is 9.22. The fourth-order valence-corrected chi connectivity index (χ4v) is 3.27. The number of piperidine rings is 1. The summed E-state index contributed by atoms with van der Waals surface area (Å²) in [5.74, 6) is 0.884. The lowest BCUT2D eigenvalue weighted by Gasteiger charge is -2.32. The quantitative estimate of drug-likeness (QED) is 0.346. The van der Waals surface area contributed by atoms with E-state index in [9.17, 15) is 5.11 Å². The molecule has 3 rings (SSSR count). The average Bonchev–Trinajstić information content (AvgIpc) is 2.67. The van der Waals surface area contributed by atoms with E-state index in [1.54, 1.807) is 0 Å². The number of aliphatic hydroxyl groups excluding tert-OH is 1. The smallest absolute Gasteiger partial charge is 0.193 e. The van der Waals surface area contributed by atoms with Crippen molar-refractivity contribution in [2.45, 2.75) is 26.3 Å². The predicted molar refractivity (Wildman–Crippen MR) is 124 cm³/mol. The Hall–Kier alpha value is -1.80. The zero-order chi connectivity index (χ0) is 18.4. The van der Waals surface area contributed by atoms with Gasteiger partial charge in [-0.2, -0.15) is 0 Å². The maximum Gasteiger partial charge on any atom is 0.193 e. The van der Waals surface area contributed by atoms with E-state index in [1.807, 2.05) is 31.2 Å². The minimum absolute atomic E-state index is 0. The van der Waals surface area contributed by atoms with E-state index in [0.717, 1.165) is 37.2 Å². The molecule has 0 amide bonds. The van der Waals surface area contributed by atoms with Gasteiger partial charge in [-0.1, -0.05) is 24.3 Å². The topological polar surface area (TPSA) is 73.9 Å². The van der Waals surface area contributed by atoms with Crippen LogP contribution in [0.1, 0.15) is 24.0 Å². The first kappa shape index (κ1) is 21.5. The summed E-state index contributed by atoms with van der Waals surface area (Å²) in [7, 11) is 0. The molecule has 4 N–H and O–H groups in total. The van der Waals surface area contributed by atoms with Crippen LogP contribution in [0.4, 0.5) is 11.4 Å². The second-order valence-corrected chi connectivity index (χ2v) is 6.98. The van der Waals surface area contributed by atoms with Crippen LogP contribution < -0.4 is 16.0 Å². The van der Waals surface area contributed by atoms with Gasteiger partial charge in [0.2, 0.25) is 0 Å². The van der Waals surface area contributed by atoms with Gasteiger partial charge >= 0.3 is 0 Å². The number of nitrogens with one attached hydrogen (secondary N) is 1. The van der Waals surface area contributed by atoms with Crippen LogP contribution >= 0.6 is 24.0 Å². The number of anilines is 2. The van der Waals surface area contributed by atoms with E-state index in [-0.39, 0.29) is 24.0 Å². The number of aliphatic hydroxyl groups is 1. The fourth-order valence-electron chi connectivity index (χ4n) is 3.27. The molecule has 1 heterocycles. The summed E-state index contributed by atoms with van der Waals surface area (Å²) in [6.45, 7) is 4.93. The highest BCUT2D eigenvalue weighted by Gasteiger charge is 2.18. The number of hydrogen-bond donors (Lipinski definition) is 3. The Labute approximate surface area is 178 Å². The van der Waals surface area contributed by atoms with Crippen molar-refractivity contribution in [3.05, 3.63) is 59.7 Å². The monoisotopic (exact) mass is 480 g/mol. The Kier molecular flexibility index (Phi) is 8.37. The molecule has 0 radical (unpaired) electrons. The van der Waals surface area contributed by atoms with Crippen molar-refractivity contribution < 1.29 is 5.11 Å². The van der Waals surface area contributed by atoms with E-state index in [1.165, 1.54) is 11.3 Å². The summed E-state index contributed by atoms with van der Waals surface area (Å²) in [5, 5.41) is 12.4. The number of nitrogens with zero attached hydrogens (tertiary/aromatic N) is 2. The molecule has 0 unspecified atom stereocenters. The summed E-state index contributed by atoms with van der Waals surface area (Å²) in [6, 6.07) is 16.6. The van der Waals surface area contributed by atoms with Crippen molar-refractivity contribution in [3.63, 3.8) is 0 Å². The molecule has 0 aromatic heterocycles. The SMILES string of the molecule is Cc1cccc(NC(N)=NCc2ccc(N3CCC(CO)CC3)cc2)c1.I. The number of nitrogens with two attached hydrogens (primary N) is 1. The average molecular weight is 480 g/mol. The minimum Gasteiger partial charge on any atom is -0.396 e. The minimum atomic E-state index is 0. The molecule has 5 nitrogen and oxygen atoms in total. The molecule has 1 fully saturated rings. The highest BCUT2D eigenvalue weighted by molar-refractivity contribution is 14.0. The van der Waals surface area contributed by atoms with Crippen molar-refractivity contribution in [3.8, 4) is 0 Å². The first-order chi connectivity index (χ1) is 12.6. The predicted octanol–water partition coefficient (Wildman–Crippen LogP) is 3.75. The highest BCUT2D eigenvalue weighted by Crippen LogP contribution is 2.23. The van der Waals surface area contributed by atoms with E-state index in [0.29, 0.717) is 25.0 Å². The normalized spacial score (nSPS) is 15.3. The van der Waals surface area contributed by atoms with Crippen molar-refractivity contribution in [2.24, 2.45) is 16.6 Å². The van der Waals surface area contributed by atoms with Gasteiger partial charge in [-0.15, -0.1) is 24.0 Å². The summed E-state index contributed by atoms with van der Waals surface area (Å²) in [4.78, 5) is 6.81.